The number of aromatic hydroxyl groups is 2. The second kappa shape index (κ2) is 15.0. The molecule has 2 aromatic heterocycles. The van der Waals surface area contributed by atoms with Crippen molar-refractivity contribution in [3.8, 4) is 11.5 Å². The van der Waals surface area contributed by atoms with Crippen molar-refractivity contribution in [3.63, 3.8) is 0 Å². The average molecular weight is 787 g/mol. The number of carbonyl (C=O) groups excluding carboxylic acids is 2. The van der Waals surface area contributed by atoms with E-state index in [0.29, 0.717) is 35.3 Å². The van der Waals surface area contributed by atoms with Gasteiger partial charge in [0.2, 0.25) is 6.10 Å². The van der Waals surface area contributed by atoms with Crippen LogP contribution >= 0.6 is 23.1 Å². The lowest BCUT2D eigenvalue weighted by Gasteiger charge is -2.50. The molecule has 5 heterocycles. The van der Waals surface area contributed by atoms with E-state index in [1.54, 1.807) is 10.8 Å². The minimum Gasteiger partial charge on any atom is -0.504 e. The fraction of sp³-hybridized carbons (Fsp3) is 0.394. The molecule has 3 aliphatic rings. The Balaban J connectivity index is 1.25. The molecular formula is C33H36N7O12S2+. The quantitative estimate of drug-likeness (QED) is 0.0389. The zero-order chi connectivity index (χ0) is 39.1. The highest BCUT2D eigenvalue weighted by atomic mass is 32.2. The number of thiazole rings is 1. The fourth-order valence-corrected chi connectivity index (χ4v) is 8.98. The number of nitrogens with zero attached hydrogens (tertiary/aromatic N) is 5. The van der Waals surface area contributed by atoms with Gasteiger partial charge < -0.3 is 50.5 Å². The summed E-state index contributed by atoms with van der Waals surface area (Å²) in [6.07, 6.45) is 0.394. The van der Waals surface area contributed by atoms with Gasteiger partial charge in [-0.05, 0) is 19.1 Å². The number of β-lactam (4-membered cyclic amide) rings is 1. The van der Waals surface area contributed by atoms with Crippen molar-refractivity contribution in [2.45, 2.75) is 56.8 Å². The number of quaternary nitrogens is 1. The first kappa shape index (κ1) is 38.1. The second-order valence-corrected chi connectivity index (χ2v) is 15.1. The molecule has 2 saturated heterocycles. The summed E-state index contributed by atoms with van der Waals surface area (Å²) in [7, 11) is 0. The van der Waals surface area contributed by atoms with Crippen LogP contribution in [0.25, 0.3) is 10.9 Å². The number of hydrogen-bond acceptors (Lipinski definition) is 14. The number of anilines is 1. The maximum absolute atomic E-state index is 13.7. The minimum atomic E-state index is -1.95. The number of amides is 2. The van der Waals surface area contributed by atoms with Crippen LogP contribution in [-0.2, 0) is 41.9 Å². The highest BCUT2D eigenvalue weighted by Gasteiger charge is 2.55. The molecule has 3 aromatic rings. The van der Waals surface area contributed by atoms with Crippen LogP contribution in [0.3, 0.4) is 0 Å². The number of benzene rings is 1. The Morgan fingerprint density at radius 2 is 1.85 bits per heavy atom. The van der Waals surface area contributed by atoms with E-state index in [4.69, 9.17) is 15.7 Å². The minimum absolute atomic E-state index is 0.0259. The average Bonchev–Trinajstić information content (AvgIpc) is 3.77. The molecule has 0 spiro atoms. The van der Waals surface area contributed by atoms with Gasteiger partial charge in [-0.25, -0.2) is 14.6 Å². The van der Waals surface area contributed by atoms with Crippen LogP contribution in [0.4, 0.5) is 5.13 Å². The van der Waals surface area contributed by atoms with Crippen molar-refractivity contribution in [3.05, 3.63) is 56.5 Å². The Morgan fingerprint density at radius 3 is 2.46 bits per heavy atom. The van der Waals surface area contributed by atoms with E-state index < -0.39 is 65.1 Å². The molecule has 0 aliphatic carbocycles. The molecule has 8 N–H and O–H groups in total. The molecule has 3 aliphatic heterocycles. The molecule has 1 aromatic carbocycles. The van der Waals surface area contributed by atoms with E-state index in [1.807, 2.05) is 6.92 Å². The van der Waals surface area contributed by atoms with Crippen molar-refractivity contribution in [2.75, 3.05) is 31.1 Å². The van der Waals surface area contributed by atoms with E-state index in [9.17, 15) is 49.2 Å². The van der Waals surface area contributed by atoms with Crippen LogP contribution < -0.4 is 16.5 Å². The third kappa shape index (κ3) is 7.16. The first-order valence-corrected chi connectivity index (χ1v) is 18.6. The number of carbonyl (C=O) groups is 5. The summed E-state index contributed by atoms with van der Waals surface area (Å²) >= 11 is 2.16. The number of rotatable bonds is 14. The summed E-state index contributed by atoms with van der Waals surface area (Å²) in [5.41, 5.74) is 5.62. The number of carboxylic acid groups (broad SMARTS) is 3. The van der Waals surface area contributed by atoms with E-state index in [1.165, 1.54) is 29.3 Å². The van der Waals surface area contributed by atoms with Crippen LogP contribution in [0, 0.1) is 0 Å². The zero-order valence-electron chi connectivity index (χ0n) is 28.6. The number of phenols is 2. The number of nitrogens with one attached hydrogen (secondary N) is 1. The van der Waals surface area contributed by atoms with E-state index in [0.717, 1.165) is 29.1 Å². The van der Waals surface area contributed by atoms with Crippen LogP contribution in [0.2, 0.25) is 0 Å². The van der Waals surface area contributed by atoms with Gasteiger partial charge in [-0.2, -0.15) is 0 Å². The van der Waals surface area contributed by atoms with E-state index in [2.05, 4.69) is 15.5 Å². The zero-order valence-corrected chi connectivity index (χ0v) is 30.3. The van der Waals surface area contributed by atoms with Gasteiger partial charge in [0.05, 0.1) is 36.0 Å². The summed E-state index contributed by atoms with van der Waals surface area (Å²) < 4.78 is 2.04. The lowest BCUT2D eigenvalue weighted by molar-refractivity contribution is -0.925. The molecular weight excluding hydrogens is 751 g/mol. The van der Waals surface area contributed by atoms with Gasteiger partial charge in [0.15, 0.2) is 27.8 Å². The van der Waals surface area contributed by atoms with Crippen LogP contribution in [0.5, 0.6) is 11.5 Å². The number of pyridine rings is 1. The number of oxime groups is 1. The lowest BCUT2D eigenvalue weighted by Crippen LogP contribution is -2.71. The smallest absolute Gasteiger partial charge is 0.352 e. The summed E-state index contributed by atoms with van der Waals surface area (Å²) in [6.45, 7) is 4.00. The first-order chi connectivity index (χ1) is 25.6. The van der Waals surface area contributed by atoms with Gasteiger partial charge >= 0.3 is 17.9 Å². The second-order valence-electron chi connectivity index (χ2n) is 13.1. The van der Waals surface area contributed by atoms with Crippen molar-refractivity contribution in [2.24, 2.45) is 5.16 Å². The molecule has 19 nitrogen and oxygen atoms in total. The number of aliphatic carboxylic acids is 3. The number of nitrogen functional groups attached to an aromatic ring is 1. The number of fused-ring (bicyclic) bond motifs is 2. The molecule has 0 saturated carbocycles. The number of aryl methyl sites for hydroxylation is 1. The predicted molar refractivity (Wildman–Crippen MR) is 193 cm³/mol. The number of phenolic OH excluding ortho intramolecular Hbond substituents is 2. The molecule has 2 fully saturated rings. The molecule has 2 amide bonds. The Labute approximate surface area is 313 Å². The van der Waals surface area contributed by atoms with Crippen LogP contribution in [0.1, 0.15) is 37.4 Å². The first-order valence-electron chi connectivity index (χ1n) is 16.7. The maximum Gasteiger partial charge on any atom is 0.352 e. The van der Waals surface area contributed by atoms with Crippen LogP contribution in [-0.4, -0.2) is 123 Å². The molecule has 3 atom stereocenters. The highest BCUT2D eigenvalue weighted by Crippen LogP contribution is 2.42. The monoisotopic (exact) mass is 786 g/mol. The van der Waals surface area contributed by atoms with Gasteiger partial charge in [0.1, 0.15) is 35.9 Å². The molecule has 0 bridgehead atoms. The van der Waals surface area contributed by atoms with Gasteiger partial charge in [-0.1, -0.05) is 5.16 Å². The van der Waals surface area contributed by atoms with Crippen LogP contribution in [0.15, 0.2) is 44.9 Å². The topological polar surface area (TPSA) is 284 Å². The SMILES string of the molecule is CCn1cc(C[N+]2(CC3=C(C(=O)O)N4C(=O)[C@@H](NC(=O)/C(=N\O[C@@H](CC(=O)O)C(=O)O)c5csc(N)n5)[C@H]4SC3)CCCC2)c(=O)c2ccc(O)c(O)c21. The van der Waals surface area contributed by atoms with Gasteiger partial charge in [-0.3, -0.25) is 24.1 Å². The molecule has 0 unspecified atom stereocenters. The van der Waals surface area contributed by atoms with E-state index >= 15 is 0 Å². The van der Waals surface area contributed by atoms with Gasteiger partial charge in [-0.15, -0.1) is 23.1 Å². The number of nitrogens with two attached hydrogens (primary N) is 1. The molecule has 286 valence electrons. The summed E-state index contributed by atoms with van der Waals surface area (Å²) in [5, 5.41) is 56.2. The van der Waals surface area contributed by atoms with E-state index in [-0.39, 0.29) is 57.4 Å². The summed E-state index contributed by atoms with van der Waals surface area (Å²) in [5.74, 6) is -6.79. The highest BCUT2D eigenvalue weighted by molar-refractivity contribution is 8.00. The Morgan fingerprint density at radius 1 is 1.13 bits per heavy atom. The van der Waals surface area contributed by atoms with Crippen molar-refractivity contribution in [1.82, 2.24) is 19.8 Å². The van der Waals surface area contributed by atoms with Crippen molar-refractivity contribution >= 4 is 74.6 Å². The number of likely N-dealkylation sites (tertiary alicyclic amines) is 1. The third-order valence-corrected chi connectivity index (χ3v) is 11.6. The summed E-state index contributed by atoms with van der Waals surface area (Å²) in [6, 6.07) is 1.51. The molecule has 54 heavy (non-hydrogen) atoms. The Kier molecular flexibility index (Phi) is 10.6. The van der Waals surface area contributed by atoms with Gasteiger partial charge in [0, 0.05) is 42.3 Å². The Hall–Kier alpha value is -5.67. The maximum atomic E-state index is 13.7. The molecule has 0 radical (unpaired) electrons. The van der Waals surface area contributed by atoms with Crippen molar-refractivity contribution < 1.29 is 58.8 Å². The predicted octanol–water partition coefficient (Wildman–Crippen LogP) is 0.669. The standard InChI is InChI=1S/C33H35N7O12S2/c1-2-38-10-15(26(44)17-5-6-19(41)27(45)25(17)38)11-40(7-3-4-8-40)12-16-13-53-30-23(29(47)39(30)24(16)32(50)51)36-28(46)22(18-14-54-33(34)35-18)37-52-20(31(48)49)9-21(42)43/h5-6,10,14,20,23,30H,2-4,7-9,11-13H2,1H3,(H7-,34,35,36,37,41,42,43,44,45,46,48,49,50,51)/p+1/t20-,23+,30+/m0/s1. The van der Waals surface area contributed by atoms with Crippen molar-refractivity contribution in [1.29, 1.82) is 0 Å². The van der Waals surface area contributed by atoms with Gasteiger partial charge in [0.25, 0.3) is 11.8 Å². The number of aromatic nitrogens is 2. The lowest BCUT2D eigenvalue weighted by atomic mass is 10.0. The molecule has 21 heteroatoms. The number of carboxylic acids is 3. The largest absolute Gasteiger partial charge is 0.504 e. The number of hydrogen-bond donors (Lipinski definition) is 7. The number of thioether (sulfide) groups is 1. The molecule has 6 rings (SSSR count). The Bertz CT molecular complexity index is 2190. The normalized spacial score (nSPS) is 20.0. The fourth-order valence-electron chi connectivity index (χ4n) is 7.09. The summed E-state index contributed by atoms with van der Waals surface area (Å²) in [4.78, 5) is 86.2. The third-order valence-electron chi connectivity index (χ3n) is 9.58.